The Balaban J connectivity index is 2.18. The van der Waals surface area contributed by atoms with Gasteiger partial charge in [0.1, 0.15) is 0 Å². The second-order valence-corrected chi connectivity index (χ2v) is 4.04. The van der Waals surface area contributed by atoms with Crippen LogP contribution in [0, 0.1) is 11.8 Å². The average molecular weight is 156 g/mol. The van der Waals surface area contributed by atoms with Crippen molar-refractivity contribution in [1.29, 1.82) is 0 Å². The maximum atomic E-state index is 5.56. The van der Waals surface area contributed by atoms with Crippen LogP contribution in [0.5, 0.6) is 0 Å². The lowest BCUT2D eigenvalue weighted by atomic mass is 9.87. The van der Waals surface area contributed by atoms with E-state index in [4.69, 9.17) is 5.73 Å². The Morgan fingerprint density at radius 3 is 2.27 bits per heavy atom. The summed E-state index contributed by atoms with van der Waals surface area (Å²) in [4.78, 5) is 2.46. The molecule has 0 amide bonds. The Labute approximate surface area is 69.8 Å². The summed E-state index contributed by atoms with van der Waals surface area (Å²) in [6, 6.07) is 0.588. The van der Waals surface area contributed by atoms with Gasteiger partial charge in [-0.15, -0.1) is 0 Å². The van der Waals surface area contributed by atoms with E-state index in [-0.39, 0.29) is 0 Å². The van der Waals surface area contributed by atoms with Crippen molar-refractivity contribution in [3.63, 3.8) is 0 Å². The van der Waals surface area contributed by atoms with E-state index in [1.54, 1.807) is 0 Å². The topological polar surface area (TPSA) is 29.3 Å². The van der Waals surface area contributed by atoms with Gasteiger partial charge in [0.2, 0.25) is 0 Å². The number of hydrogen-bond acceptors (Lipinski definition) is 2. The van der Waals surface area contributed by atoms with Crippen molar-refractivity contribution in [2.45, 2.75) is 26.8 Å². The zero-order valence-corrected chi connectivity index (χ0v) is 7.88. The summed E-state index contributed by atoms with van der Waals surface area (Å²) in [5.74, 6) is 1.76. The Morgan fingerprint density at radius 2 is 1.91 bits per heavy atom. The largest absolute Gasteiger partial charge is 0.329 e. The van der Waals surface area contributed by atoms with Gasteiger partial charge in [-0.1, -0.05) is 13.8 Å². The van der Waals surface area contributed by atoms with Gasteiger partial charge in [-0.2, -0.15) is 0 Å². The van der Waals surface area contributed by atoms with Crippen molar-refractivity contribution in [2.24, 2.45) is 17.6 Å². The SMILES string of the molecule is CC(C)C1CN(C(C)CN)C1. The van der Waals surface area contributed by atoms with Crippen molar-refractivity contribution in [1.82, 2.24) is 4.90 Å². The van der Waals surface area contributed by atoms with E-state index >= 15 is 0 Å². The molecule has 0 radical (unpaired) electrons. The lowest BCUT2D eigenvalue weighted by Gasteiger charge is -2.44. The predicted octanol–water partition coefficient (Wildman–Crippen LogP) is 0.921. The molecule has 1 aliphatic rings. The average Bonchev–Trinajstić information content (AvgIpc) is 1.83. The summed E-state index contributed by atoms with van der Waals surface area (Å²) >= 11 is 0. The second-order valence-electron chi connectivity index (χ2n) is 4.04. The van der Waals surface area contributed by atoms with Gasteiger partial charge >= 0.3 is 0 Å². The Bertz CT molecular complexity index is 117. The van der Waals surface area contributed by atoms with E-state index in [1.165, 1.54) is 13.1 Å². The van der Waals surface area contributed by atoms with Gasteiger partial charge in [-0.25, -0.2) is 0 Å². The fourth-order valence-electron chi connectivity index (χ4n) is 1.48. The summed E-state index contributed by atoms with van der Waals surface area (Å²) in [7, 11) is 0. The number of nitrogens with two attached hydrogens (primary N) is 1. The summed E-state index contributed by atoms with van der Waals surface area (Å²) in [5.41, 5.74) is 5.56. The van der Waals surface area contributed by atoms with Gasteiger partial charge in [-0.3, -0.25) is 4.90 Å². The highest BCUT2D eigenvalue weighted by molar-refractivity contribution is 4.85. The molecule has 0 aliphatic carbocycles. The zero-order valence-electron chi connectivity index (χ0n) is 7.88. The predicted molar refractivity (Wildman–Crippen MR) is 48.4 cm³/mol. The molecular weight excluding hydrogens is 136 g/mol. The molecule has 1 atom stereocenters. The van der Waals surface area contributed by atoms with Crippen LogP contribution in [0.4, 0.5) is 0 Å². The van der Waals surface area contributed by atoms with Crippen LogP contribution in [0.2, 0.25) is 0 Å². The minimum atomic E-state index is 0.588. The van der Waals surface area contributed by atoms with Crippen LogP contribution in [-0.2, 0) is 0 Å². The quantitative estimate of drug-likeness (QED) is 0.658. The molecule has 2 nitrogen and oxygen atoms in total. The van der Waals surface area contributed by atoms with Gasteiger partial charge in [0.05, 0.1) is 0 Å². The van der Waals surface area contributed by atoms with E-state index in [0.717, 1.165) is 18.4 Å². The molecule has 66 valence electrons. The third kappa shape index (κ3) is 1.94. The second kappa shape index (κ2) is 3.55. The van der Waals surface area contributed by atoms with E-state index in [1.807, 2.05) is 0 Å². The molecule has 1 aliphatic heterocycles. The highest BCUT2D eigenvalue weighted by Gasteiger charge is 2.31. The third-order valence-electron chi connectivity index (χ3n) is 2.85. The van der Waals surface area contributed by atoms with Gasteiger partial charge in [0.25, 0.3) is 0 Å². The van der Waals surface area contributed by atoms with E-state index < -0.39 is 0 Å². The molecule has 0 spiro atoms. The smallest absolute Gasteiger partial charge is 0.0190 e. The summed E-state index contributed by atoms with van der Waals surface area (Å²) in [6.07, 6.45) is 0. The molecule has 0 saturated carbocycles. The normalized spacial score (nSPS) is 23.7. The number of likely N-dealkylation sites (tertiary alicyclic amines) is 1. The van der Waals surface area contributed by atoms with Crippen LogP contribution in [0.3, 0.4) is 0 Å². The van der Waals surface area contributed by atoms with Crippen molar-refractivity contribution in [3.8, 4) is 0 Å². The van der Waals surface area contributed by atoms with Crippen LogP contribution < -0.4 is 5.73 Å². The first kappa shape index (κ1) is 9.01. The van der Waals surface area contributed by atoms with Crippen molar-refractivity contribution in [2.75, 3.05) is 19.6 Å². The molecule has 1 fully saturated rings. The maximum absolute atomic E-state index is 5.56. The highest BCUT2D eigenvalue weighted by atomic mass is 15.2. The summed E-state index contributed by atoms with van der Waals surface area (Å²) in [6.45, 7) is 10.1. The first-order valence-corrected chi connectivity index (χ1v) is 4.59. The molecule has 11 heavy (non-hydrogen) atoms. The third-order valence-corrected chi connectivity index (χ3v) is 2.85. The van der Waals surface area contributed by atoms with Gasteiger partial charge < -0.3 is 5.73 Å². The molecule has 1 rings (SSSR count). The van der Waals surface area contributed by atoms with E-state index in [2.05, 4.69) is 25.7 Å². The van der Waals surface area contributed by atoms with E-state index in [0.29, 0.717) is 6.04 Å². The fourth-order valence-corrected chi connectivity index (χ4v) is 1.48. The molecule has 1 saturated heterocycles. The first-order chi connectivity index (χ1) is 5.15. The monoisotopic (exact) mass is 156 g/mol. The molecule has 0 bridgehead atoms. The van der Waals surface area contributed by atoms with Crippen LogP contribution >= 0.6 is 0 Å². The molecule has 0 aromatic carbocycles. The van der Waals surface area contributed by atoms with Crippen LogP contribution in [0.25, 0.3) is 0 Å². The molecule has 2 N–H and O–H groups in total. The zero-order chi connectivity index (χ0) is 8.43. The summed E-state index contributed by atoms with van der Waals surface area (Å²) in [5, 5.41) is 0. The van der Waals surface area contributed by atoms with Crippen molar-refractivity contribution in [3.05, 3.63) is 0 Å². The van der Waals surface area contributed by atoms with Crippen LogP contribution in [0.1, 0.15) is 20.8 Å². The summed E-state index contributed by atoms with van der Waals surface area (Å²) < 4.78 is 0. The molecule has 1 unspecified atom stereocenters. The van der Waals surface area contributed by atoms with Gasteiger partial charge in [-0.05, 0) is 18.8 Å². The van der Waals surface area contributed by atoms with Crippen molar-refractivity contribution < 1.29 is 0 Å². The molecule has 0 aromatic heterocycles. The molecule has 2 heteroatoms. The molecule has 1 heterocycles. The Morgan fingerprint density at radius 1 is 1.36 bits per heavy atom. The van der Waals surface area contributed by atoms with Crippen molar-refractivity contribution >= 4 is 0 Å². The van der Waals surface area contributed by atoms with E-state index in [9.17, 15) is 0 Å². The lowest BCUT2D eigenvalue weighted by Crippen LogP contribution is -2.54. The number of nitrogens with zero attached hydrogens (tertiary/aromatic N) is 1. The maximum Gasteiger partial charge on any atom is 0.0190 e. The molecular formula is C9H20N2. The molecule has 0 aromatic rings. The number of rotatable bonds is 3. The minimum absolute atomic E-state index is 0.588. The lowest BCUT2D eigenvalue weighted by molar-refractivity contribution is 0.0374. The van der Waals surface area contributed by atoms with Gasteiger partial charge in [0.15, 0.2) is 0 Å². The Hall–Kier alpha value is -0.0800. The van der Waals surface area contributed by atoms with Gasteiger partial charge in [0, 0.05) is 25.7 Å². The minimum Gasteiger partial charge on any atom is -0.329 e. The fraction of sp³-hybridized carbons (Fsp3) is 1.00. The standard InChI is InChI=1S/C9H20N2/c1-7(2)9-5-11(6-9)8(3)4-10/h7-9H,4-6,10H2,1-3H3. The van der Waals surface area contributed by atoms with Crippen LogP contribution in [-0.4, -0.2) is 30.6 Å². The van der Waals surface area contributed by atoms with Crippen LogP contribution in [0.15, 0.2) is 0 Å². The number of hydrogen-bond donors (Lipinski definition) is 1. The highest BCUT2D eigenvalue weighted by Crippen LogP contribution is 2.24. The Kier molecular flexibility index (Phi) is 2.90. The first-order valence-electron chi connectivity index (χ1n) is 4.59.